The van der Waals surface area contributed by atoms with E-state index in [1.54, 1.807) is 31.5 Å². The second-order valence-corrected chi connectivity index (χ2v) is 4.16. The molecule has 1 atom stereocenters. The van der Waals surface area contributed by atoms with Crippen LogP contribution in [0.3, 0.4) is 0 Å². The maximum absolute atomic E-state index is 6.00. The van der Waals surface area contributed by atoms with E-state index in [9.17, 15) is 0 Å². The summed E-state index contributed by atoms with van der Waals surface area (Å²) in [6.45, 7) is 0. The first-order chi connectivity index (χ1) is 8.67. The minimum atomic E-state index is -0.350. The minimum Gasteiger partial charge on any atom is -0.496 e. The van der Waals surface area contributed by atoms with E-state index in [0.717, 1.165) is 11.1 Å². The number of ether oxygens (including phenoxy) is 1. The Kier molecular flexibility index (Phi) is 3.71. The minimum absolute atomic E-state index is 0.350. The fourth-order valence-electron chi connectivity index (χ4n) is 1.81. The molecule has 0 aliphatic heterocycles. The summed E-state index contributed by atoms with van der Waals surface area (Å²) in [5.41, 5.74) is 10.0. The highest BCUT2D eigenvalue weighted by Gasteiger charge is 2.20. The molecule has 0 aliphatic carbocycles. The molecule has 0 bridgehead atoms. The first-order valence-corrected chi connectivity index (χ1v) is 5.63. The monoisotopic (exact) mass is 267 g/mol. The summed E-state index contributed by atoms with van der Waals surface area (Å²) in [4.78, 5) is 0. The van der Waals surface area contributed by atoms with Crippen molar-refractivity contribution in [2.75, 3.05) is 12.8 Å². The van der Waals surface area contributed by atoms with E-state index in [2.05, 4.69) is 15.6 Å². The molecule has 0 saturated carbocycles. The third kappa shape index (κ3) is 2.26. The zero-order chi connectivity index (χ0) is 13.1. The molecule has 96 valence electrons. The number of rotatable bonds is 4. The number of benzene rings is 1. The van der Waals surface area contributed by atoms with Gasteiger partial charge in [-0.25, -0.2) is 5.43 Å². The molecule has 1 aromatic heterocycles. The first-order valence-electron chi connectivity index (χ1n) is 5.25. The summed E-state index contributed by atoms with van der Waals surface area (Å²) >= 11 is 6.00. The normalized spacial score (nSPS) is 12.4. The molecule has 6 N–H and O–H groups in total. The number of nitrogen functional groups attached to an aromatic ring is 1. The highest BCUT2D eigenvalue weighted by atomic mass is 35.5. The third-order valence-electron chi connectivity index (χ3n) is 2.68. The number of aromatic amines is 1. The Morgan fingerprint density at radius 1 is 1.44 bits per heavy atom. The second-order valence-electron chi connectivity index (χ2n) is 3.72. The Morgan fingerprint density at radius 2 is 2.22 bits per heavy atom. The van der Waals surface area contributed by atoms with E-state index in [0.29, 0.717) is 16.6 Å². The fourth-order valence-corrected chi connectivity index (χ4v) is 1.99. The lowest BCUT2D eigenvalue weighted by Crippen LogP contribution is -2.29. The van der Waals surface area contributed by atoms with Crippen LogP contribution in [-0.2, 0) is 0 Å². The molecule has 1 unspecified atom stereocenters. The molecule has 0 radical (unpaired) electrons. The van der Waals surface area contributed by atoms with Crippen LogP contribution in [0.25, 0.3) is 0 Å². The van der Waals surface area contributed by atoms with Crippen molar-refractivity contribution in [2.45, 2.75) is 6.04 Å². The standard InChI is InChI=1S/C11H14ClN5O/c1-18-9-3-2-6(12)4-7(9)10(16-14)8-5-15-17-11(8)13/h2-5,10,16H,14H2,1H3,(H3,13,15,17). The number of hydrogen-bond donors (Lipinski definition) is 4. The van der Waals surface area contributed by atoms with Gasteiger partial charge in [-0.3, -0.25) is 10.9 Å². The summed E-state index contributed by atoms with van der Waals surface area (Å²) in [7, 11) is 1.58. The van der Waals surface area contributed by atoms with Gasteiger partial charge in [0.1, 0.15) is 11.6 Å². The summed E-state index contributed by atoms with van der Waals surface area (Å²) in [6.07, 6.45) is 1.61. The summed E-state index contributed by atoms with van der Waals surface area (Å²) in [5, 5.41) is 7.13. The van der Waals surface area contributed by atoms with Crippen LogP contribution in [0.5, 0.6) is 5.75 Å². The quantitative estimate of drug-likeness (QED) is 0.493. The summed E-state index contributed by atoms with van der Waals surface area (Å²) in [5.74, 6) is 6.71. The molecule has 0 amide bonds. The van der Waals surface area contributed by atoms with E-state index >= 15 is 0 Å². The van der Waals surface area contributed by atoms with Gasteiger partial charge in [0.15, 0.2) is 0 Å². The van der Waals surface area contributed by atoms with Gasteiger partial charge in [0.25, 0.3) is 0 Å². The number of nitrogens with two attached hydrogens (primary N) is 2. The van der Waals surface area contributed by atoms with Crippen molar-refractivity contribution in [3.05, 3.63) is 40.5 Å². The van der Waals surface area contributed by atoms with Crippen molar-refractivity contribution in [3.63, 3.8) is 0 Å². The maximum Gasteiger partial charge on any atom is 0.124 e. The molecular formula is C11H14ClN5O. The Hall–Kier alpha value is -1.76. The molecule has 18 heavy (non-hydrogen) atoms. The predicted molar refractivity (Wildman–Crippen MR) is 70.2 cm³/mol. The van der Waals surface area contributed by atoms with Gasteiger partial charge < -0.3 is 10.5 Å². The molecule has 0 aliphatic rings. The Morgan fingerprint density at radius 3 is 2.78 bits per heavy atom. The second kappa shape index (κ2) is 5.26. The summed E-state index contributed by atoms with van der Waals surface area (Å²) < 4.78 is 5.30. The van der Waals surface area contributed by atoms with Gasteiger partial charge in [0, 0.05) is 16.1 Å². The number of hydrogen-bond acceptors (Lipinski definition) is 5. The van der Waals surface area contributed by atoms with Crippen molar-refractivity contribution >= 4 is 17.4 Å². The van der Waals surface area contributed by atoms with Crippen LogP contribution in [0.1, 0.15) is 17.2 Å². The van der Waals surface area contributed by atoms with Crippen LogP contribution in [0, 0.1) is 0 Å². The molecule has 2 rings (SSSR count). The van der Waals surface area contributed by atoms with Crippen molar-refractivity contribution in [2.24, 2.45) is 5.84 Å². The van der Waals surface area contributed by atoms with Crippen molar-refractivity contribution in [1.82, 2.24) is 15.6 Å². The number of nitrogens with zero attached hydrogens (tertiary/aromatic N) is 1. The number of halogens is 1. The third-order valence-corrected chi connectivity index (χ3v) is 2.92. The molecule has 0 spiro atoms. The average Bonchev–Trinajstić information content (AvgIpc) is 2.77. The number of aromatic nitrogens is 2. The largest absolute Gasteiger partial charge is 0.496 e. The van der Waals surface area contributed by atoms with Crippen molar-refractivity contribution in [3.8, 4) is 5.75 Å². The van der Waals surface area contributed by atoms with Crippen LogP contribution < -0.4 is 21.7 Å². The smallest absolute Gasteiger partial charge is 0.124 e. The number of methoxy groups -OCH3 is 1. The maximum atomic E-state index is 6.00. The topological polar surface area (TPSA) is 102 Å². The SMILES string of the molecule is COc1ccc(Cl)cc1C(NN)c1cn[nH]c1N. The highest BCUT2D eigenvalue weighted by molar-refractivity contribution is 6.30. The van der Waals surface area contributed by atoms with Gasteiger partial charge in [-0.05, 0) is 18.2 Å². The fraction of sp³-hybridized carbons (Fsp3) is 0.182. The lowest BCUT2D eigenvalue weighted by molar-refractivity contribution is 0.404. The average molecular weight is 268 g/mol. The Balaban J connectivity index is 2.51. The van der Waals surface area contributed by atoms with Gasteiger partial charge in [0.2, 0.25) is 0 Å². The first kappa shape index (κ1) is 12.7. The number of nitrogens with one attached hydrogen (secondary N) is 2. The zero-order valence-electron chi connectivity index (χ0n) is 9.77. The van der Waals surface area contributed by atoms with Gasteiger partial charge >= 0.3 is 0 Å². The van der Waals surface area contributed by atoms with Gasteiger partial charge in [-0.15, -0.1) is 0 Å². The molecule has 1 aromatic carbocycles. The van der Waals surface area contributed by atoms with E-state index in [-0.39, 0.29) is 6.04 Å². The molecule has 7 heteroatoms. The lowest BCUT2D eigenvalue weighted by atomic mass is 10.0. The van der Waals surface area contributed by atoms with E-state index in [1.165, 1.54) is 0 Å². The molecule has 6 nitrogen and oxygen atoms in total. The number of hydrazine groups is 1. The summed E-state index contributed by atoms with van der Waals surface area (Å²) in [6, 6.07) is 4.95. The lowest BCUT2D eigenvalue weighted by Gasteiger charge is -2.18. The highest BCUT2D eigenvalue weighted by Crippen LogP contribution is 2.33. The van der Waals surface area contributed by atoms with Crippen LogP contribution in [0.15, 0.2) is 24.4 Å². The van der Waals surface area contributed by atoms with E-state index in [1.807, 2.05) is 0 Å². The molecule has 0 saturated heterocycles. The van der Waals surface area contributed by atoms with Crippen LogP contribution in [-0.4, -0.2) is 17.3 Å². The van der Waals surface area contributed by atoms with Gasteiger partial charge in [0.05, 0.1) is 19.3 Å². The van der Waals surface area contributed by atoms with Crippen LogP contribution >= 0.6 is 11.6 Å². The van der Waals surface area contributed by atoms with Crippen molar-refractivity contribution in [1.29, 1.82) is 0 Å². The van der Waals surface area contributed by atoms with E-state index in [4.69, 9.17) is 27.9 Å². The molecule has 1 heterocycles. The van der Waals surface area contributed by atoms with Crippen molar-refractivity contribution < 1.29 is 4.74 Å². The van der Waals surface area contributed by atoms with Crippen LogP contribution in [0.4, 0.5) is 5.82 Å². The molecule has 2 aromatic rings. The Bertz CT molecular complexity index is 542. The molecular weight excluding hydrogens is 254 g/mol. The molecule has 0 fully saturated rings. The van der Waals surface area contributed by atoms with Gasteiger partial charge in [-0.1, -0.05) is 11.6 Å². The zero-order valence-corrected chi connectivity index (χ0v) is 10.5. The Labute approximate surface area is 109 Å². The van der Waals surface area contributed by atoms with E-state index < -0.39 is 0 Å². The predicted octanol–water partition coefficient (Wildman–Crippen LogP) is 1.21. The van der Waals surface area contributed by atoms with Gasteiger partial charge in [-0.2, -0.15) is 5.10 Å². The van der Waals surface area contributed by atoms with Crippen LogP contribution in [0.2, 0.25) is 5.02 Å². The number of H-pyrrole nitrogens is 1. The number of anilines is 1.